The Morgan fingerprint density at radius 3 is 2.67 bits per heavy atom. The molecule has 1 aromatic rings. The van der Waals surface area contributed by atoms with Crippen LogP contribution in [0.2, 0.25) is 0 Å². The molecule has 1 aromatic carbocycles. The molecule has 114 valence electrons. The summed E-state index contributed by atoms with van der Waals surface area (Å²) in [6, 6.07) is 6.95. The monoisotopic (exact) mass is 293 g/mol. The SMILES string of the molecule is CCOc1ccc(C(=O)N2CCOC(C(=O)OC)C2)cc1. The first-order valence-electron chi connectivity index (χ1n) is 6.87. The third kappa shape index (κ3) is 3.72. The third-order valence-electron chi connectivity index (χ3n) is 3.23. The van der Waals surface area contributed by atoms with Gasteiger partial charge in [-0.1, -0.05) is 0 Å². The first-order valence-corrected chi connectivity index (χ1v) is 6.87. The van der Waals surface area contributed by atoms with Gasteiger partial charge in [0.25, 0.3) is 5.91 Å². The molecule has 0 spiro atoms. The molecule has 6 heteroatoms. The van der Waals surface area contributed by atoms with Crippen molar-refractivity contribution in [3.8, 4) is 5.75 Å². The fraction of sp³-hybridized carbons (Fsp3) is 0.467. The summed E-state index contributed by atoms with van der Waals surface area (Å²) >= 11 is 0. The van der Waals surface area contributed by atoms with Crippen LogP contribution >= 0.6 is 0 Å². The molecule has 1 atom stereocenters. The lowest BCUT2D eigenvalue weighted by molar-refractivity contribution is -0.158. The fourth-order valence-electron chi connectivity index (χ4n) is 2.15. The third-order valence-corrected chi connectivity index (χ3v) is 3.23. The normalized spacial score (nSPS) is 18.2. The average Bonchev–Trinajstić information content (AvgIpc) is 2.54. The van der Waals surface area contributed by atoms with Crippen molar-refractivity contribution in [3.05, 3.63) is 29.8 Å². The van der Waals surface area contributed by atoms with E-state index in [-0.39, 0.29) is 12.5 Å². The molecule has 0 saturated carbocycles. The maximum Gasteiger partial charge on any atom is 0.336 e. The van der Waals surface area contributed by atoms with Crippen LogP contribution in [0.15, 0.2) is 24.3 Å². The molecule has 0 aliphatic carbocycles. The topological polar surface area (TPSA) is 65.1 Å². The molecule has 0 aromatic heterocycles. The van der Waals surface area contributed by atoms with Crippen LogP contribution in [0.5, 0.6) is 5.75 Å². The molecule has 1 heterocycles. The smallest absolute Gasteiger partial charge is 0.336 e. The summed E-state index contributed by atoms with van der Waals surface area (Å²) in [6.45, 7) is 3.47. The number of hydrogen-bond acceptors (Lipinski definition) is 5. The number of carbonyl (C=O) groups excluding carboxylic acids is 2. The largest absolute Gasteiger partial charge is 0.494 e. The molecular weight excluding hydrogens is 274 g/mol. The van der Waals surface area contributed by atoms with Crippen molar-refractivity contribution in [2.45, 2.75) is 13.0 Å². The zero-order chi connectivity index (χ0) is 15.2. The van der Waals surface area contributed by atoms with Gasteiger partial charge in [0.15, 0.2) is 6.10 Å². The van der Waals surface area contributed by atoms with Crippen molar-refractivity contribution in [1.29, 1.82) is 0 Å². The summed E-state index contributed by atoms with van der Waals surface area (Å²) < 4.78 is 15.3. The Morgan fingerprint density at radius 2 is 2.05 bits per heavy atom. The van der Waals surface area contributed by atoms with E-state index in [4.69, 9.17) is 9.47 Å². The number of morpholine rings is 1. The highest BCUT2D eigenvalue weighted by Crippen LogP contribution is 2.16. The maximum absolute atomic E-state index is 12.4. The number of esters is 1. The number of benzene rings is 1. The predicted octanol–water partition coefficient (Wildman–Crippen LogP) is 1.10. The Labute approximate surface area is 123 Å². The zero-order valence-electron chi connectivity index (χ0n) is 12.2. The molecular formula is C15H19NO5. The minimum absolute atomic E-state index is 0.129. The molecule has 6 nitrogen and oxygen atoms in total. The summed E-state index contributed by atoms with van der Waals surface area (Å²) in [5.41, 5.74) is 0.559. The lowest BCUT2D eigenvalue weighted by atomic mass is 10.1. The lowest BCUT2D eigenvalue weighted by Gasteiger charge is -2.31. The summed E-state index contributed by atoms with van der Waals surface area (Å²) in [5, 5.41) is 0. The molecule has 0 bridgehead atoms. The number of amides is 1. The number of carbonyl (C=O) groups is 2. The molecule has 0 N–H and O–H groups in total. The molecule has 21 heavy (non-hydrogen) atoms. The van der Waals surface area contributed by atoms with E-state index < -0.39 is 12.1 Å². The van der Waals surface area contributed by atoms with Crippen LogP contribution < -0.4 is 4.74 Å². The van der Waals surface area contributed by atoms with Gasteiger partial charge < -0.3 is 19.1 Å². The summed E-state index contributed by atoms with van der Waals surface area (Å²) in [6.07, 6.45) is -0.713. The van der Waals surface area contributed by atoms with Crippen molar-refractivity contribution in [3.63, 3.8) is 0 Å². The van der Waals surface area contributed by atoms with Crippen molar-refractivity contribution < 1.29 is 23.8 Å². The van der Waals surface area contributed by atoms with Crippen LogP contribution in [0.3, 0.4) is 0 Å². The highest BCUT2D eigenvalue weighted by atomic mass is 16.6. The second-order valence-electron chi connectivity index (χ2n) is 4.59. The van der Waals surface area contributed by atoms with Crippen LogP contribution in [0.1, 0.15) is 17.3 Å². The van der Waals surface area contributed by atoms with Gasteiger partial charge in [-0.25, -0.2) is 4.79 Å². The Kier molecular flexibility index (Phi) is 5.16. The van der Waals surface area contributed by atoms with E-state index >= 15 is 0 Å². The molecule has 1 unspecified atom stereocenters. The van der Waals surface area contributed by atoms with E-state index in [9.17, 15) is 9.59 Å². The minimum atomic E-state index is -0.713. The van der Waals surface area contributed by atoms with Gasteiger partial charge in [0.05, 0.1) is 26.9 Å². The van der Waals surface area contributed by atoms with Gasteiger partial charge in [0.2, 0.25) is 0 Å². The summed E-state index contributed by atoms with van der Waals surface area (Å²) in [5.74, 6) is 0.137. The van der Waals surface area contributed by atoms with E-state index in [1.54, 1.807) is 29.2 Å². The van der Waals surface area contributed by atoms with Gasteiger partial charge in [0, 0.05) is 12.1 Å². The van der Waals surface area contributed by atoms with Crippen LogP contribution in [-0.4, -0.2) is 56.3 Å². The Hall–Kier alpha value is -2.08. The Morgan fingerprint density at radius 1 is 1.33 bits per heavy atom. The highest BCUT2D eigenvalue weighted by molar-refractivity contribution is 5.94. The second-order valence-corrected chi connectivity index (χ2v) is 4.59. The lowest BCUT2D eigenvalue weighted by Crippen LogP contribution is -2.48. The van der Waals surface area contributed by atoms with Gasteiger partial charge in [0.1, 0.15) is 5.75 Å². The van der Waals surface area contributed by atoms with Crippen molar-refractivity contribution in [1.82, 2.24) is 4.90 Å². The highest BCUT2D eigenvalue weighted by Gasteiger charge is 2.30. The van der Waals surface area contributed by atoms with Crippen LogP contribution in [0, 0.1) is 0 Å². The van der Waals surface area contributed by atoms with Gasteiger partial charge in [-0.2, -0.15) is 0 Å². The van der Waals surface area contributed by atoms with Crippen molar-refractivity contribution >= 4 is 11.9 Å². The standard InChI is InChI=1S/C15H19NO5/c1-3-20-12-6-4-11(5-7-12)14(17)16-8-9-21-13(10-16)15(18)19-2/h4-7,13H,3,8-10H2,1-2H3. The molecule has 1 fully saturated rings. The van der Waals surface area contributed by atoms with Crippen molar-refractivity contribution in [2.75, 3.05) is 33.4 Å². The number of nitrogens with zero attached hydrogens (tertiary/aromatic N) is 1. The fourth-order valence-corrected chi connectivity index (χ4v) is 2.15. The zero-order valence-corrected chi connectivity index (χ0v) is 12.2. The summed E-state index contributed by atoms with van der Waals surface area (Å²) in [7, 11) is 1.30. The van der Waals surface area contributed by atoms with E-state index in [1.807, 2.05) is 6.92 Å². The van der Waals surface area contributed by atoms with Gasteiger partial charge >= 0.3 is 5.97 Å². The molecule has 1 saturated heterocycles. The van der Waals surface area contributed by atoms with Crippen LogP contribution in [0.25, 0.3) is 0 Å². The Balaban J connectivity index is 2.03. The maximum atomic E-state index is 12.4. The first-order chi connectivity index (χ1) is 10.2. The molecule has 1 aliphatic heterocycles. The number of hydrogen-bond donors (Lipinski definition) is 0. The quantitative estimate of drug-likeness (QED) is 0.778. The second kappa shape index (κ2) is 7.08. The van der Waals surface area contributed by atoms with Crippen LogP contribution in [0.4, 0.5) is 0 Å². The number of rotatable bonds is 4. The van der Waals surface area contributed by atoms with Gasteiger partial charge in [-0.15, -0.1) is 0 Å². The molecule has 1 aliphatic rings. The minimum Gasteiger partial charge on any atom is -0.494 e. The van der Waals surface area contributed by atoms with E-state index in [1.165, 1.54) is 7.11 Å². The molecule has 2 rings (SSSR count). The Bertz CT molecular complexity index is 499. The van der Waals surface area contributed by atoms with E-state index in [0.717, 1.165) is 5.75 Å². The van der Waals surface area contributed by atoms with Gasteiger partial charge in [-0.05, 0) is 31.2 Å². The van der Waals surface area contributed by atoms with E-state index in [2.05, 4.69) is 4.74 Å². The predicted molar refractivity (Wildman–Crippen MR) is 75.3 cm³/mol. The van der Waals surface area contributed by atoms with Gasteiger partial charge in [-0.3, -0.25) is 4.79 Å². The van der Waals surface area contributed by atoms with Crippen LogP contribution in [-0.2, 0) is 14.3 Å². The number of methoxy groups -OCH3 is 1. The molecule has 0 radical (unpaired) electrons. The first kappa shape index (κ1) is 15.3. The van der Waals surface area contributed by atoms with Crippen molar-refractivity contribution in [2.24, 2.45) is 0 Å². The number of ether oxygens (including phenoxy) is 3. The molecule has 1 amide bonds. The average molecular weight is 293 g/mol. The summed E-state index contributed by atoms with van der Waals surface area (Å²) in [4.78, 5) is 25.5. The van der Waals surface area contributed by atoms with E-state index in [0.29, 0.717) is 25.3 Å².